The maximum absolute atomic E-state index is 15.3. The largest absolute Gasteiger partial charge is 0.451 e. The molecule has 1 fully saturated rings. The van der Waals surface area contributed by atoms with Crippen LogP contribution in [-0.2, 0) is 0 Å². The number of urea groups is 1. The Morgan fingerprint density at radius 1 is 1.11 bits per heavy atom. The van der Waals surface area contributed by atoms with E-state index < -0.39 is 40.6 Å². The summed E-state index contributed by atoms with van der Waals surface area (Å²) in [5.41, 5.74) is 6.46. The number of nitrogens with one attached hydrogen (secondary N) is 1. The van der Waals surface area contributed by atoms with Crippen molar-refractivity contribution in [1.82, 2.24) is 30.0 Å². The summed E-state index contributed by atoms with van der Waals surface area (Å²) in [5.74, 6) is -9.51. The fourth-order valence-electron chi connectivity index (χ4n) is 4.45. The number of benzene rings is 2. The summed E-state index contributed by atoms with van der Waals surface area (Å²) in [4.78, 5) is 22.1. The van der Waals surface area contributed by atoms with E-state index in [9.17, 15) is 22.4 Å². The second kappa shape index (κ2) is 9.76. The molecule has 9 nitrogen and oxygen atoms in total. The molecule has 0 radical (unpaired) electrons. The van der Waals surface area contributed by atoms with Gasteiger partial charge in [-0.25, -0.2) is 32.6 Å². The number of piperidine rings is 1. The molecular formula is C24H22F5N7O2. The van der Waals surface area contributed by atoms with Gasteiger partial charge in [-0.1, -0.05) is 0 Å². The Bertz CT molecular complexity index is 1540. The highest BCUT2D eigenvalue weighted by molar-refractivity contribution is 5.98. The van der Waals surface area contributed by atoms with Crippen LogP contribution in [0.2, 0.25) is 0 Å². The van der Waals surface area contributed by atoms with E-state index >= 15 is 4.39 Å². The number of anilines is 1. The second-order valence-electron chi connectivity index (χ2n) is 8.59. The number of likely N-dealkylation sites (tertiary alicyclic amines) is 1. The third-order valence-corrected chi connectivity index (χ3v) is 6.25. The summed E-state index contributed by atoms with van der Waals surface area (Å²) >= 11 is 0. The van der Waals surface area contributed by atoms with E-state index in [2.05, 4.69) is 20.4 Å². The number of hydrogen-bond acceptors (Lipinski definition) is 6. The molecule has 0 bridgehead atoms. The zero-order valence-electron chi connectivity index (χ0n) is 19.8. The topological polar surface area (TPSA) is 111 Å². The summed E-state index contributed by atoms with van der Waals surface area (Å²) in [5, 5.41) is 7.42. The lowest BCUT2D eigenvalue weighted by Crippen LogP contribution is -2.45. The van der Waals surface area contributed by atoms with Crippen molar-refractivity contribution in [3.63, 3.8) is 0 Å². The van der Waals surface area contributed by atoms with Crippen LogP contribution < -0.4 is 15.8 Å². The van der Waals surface area contributed by atoms with Crippen molar-refractivity contribution < 1.29 is 32.9 Å². The molecular weight excluding hydrogens is 513 g/mol. The van der Waals surface area contributed by atoms with Crippen LogP contribution in [0.1, 0.15) is 20.3 Å². The molecule has 3 heterocycles. The minimum atomic E-state index is -1.76. The van der Waals surface area contributed by atoms with Crippen LogP contribution in [0.25, 0.3) is 22.3 Å². The van der Waals surface area contributed by atoms with Crippen LogP contribution in [-0.4, -0.2) is 50.8 Å². The van der Waals surface area contributed by atoms with E-state index in [1.807, 2.05) is 0 Å². The Hall–Kier alpha value is -4.49. The van der Waals surface area contributed by atoms with E-state index in [1.165, 1.54) is 19.4 Å². The number of carbonyl (C=O) groups excluding carboxylic acids is 1. The van der Waals surface area contributed by atoms with Crippen molar-refractivity contribution in [2.45, 2.75) is 18.9 Å². The van der Waals surface area contributed by atoms with Crippen LogP contribution in [0.3, 0.4) is 0 Å². The first-order valence-electron chi connectivity index (χ1n) is 11.5. The van der Waals surface area contributed by atoms with Gasteiger partial charge < -0.3 is 20.7 Å². The highest BCUT2D eigenvalue weighted by Crippen LogP contribution is 2.37. The average Bonchev–Trinajstić information content (AvgIpc) is 3.30. The number of aromatic nitrogens is 4. The van der Waals surface area contributed by atoms with Crippen molar-refractivity contribution in [1.29, 1.82) is 0 Å². The van der Waals surface area contributed by atoms with E-state index in [0.717, 1.165) is 12.1 Å². The van der Waals surface area contributed by atoms with Gasteiger partial charge in [0.05, 0.1) is 11.4 Å². The Morgan fingerprint density at radius 3 is 2.53 bits per heavy atom. The van der Waals surface area contributed by atoms with Gasteiger partial charge in [0.15, 0.2) is 17.3 Å². The van der Waals surface area contributed by atoms with Crippen LogP contribution >= 0.6 is 0 Å². The third kappa shape index (κ3) is 4.31. The molecule has 2 amide bonds. The van der Waals surface area contributed by atoms with Crippen LogP contribution in [0.4, 0.5) is 32.6 Å². The molecule has 1 atom stereocenters. The molecule has 200 valence electrons. The SMILES string of the molecule is CNC(=O)N1CCCC(n2nc(-c3ccc(Oc4c(F)c(F)cc(F)c4F)cc3F)c3c(N)ncnc32)C1.[HH]. The summed E-state index contributed by atoms with van der Waals surface area (Å²) in [7, 11) is 1.53. The van der Waals surface area contributed by atoms with Gasteiger partial charge in [-0.3, -0.25) is 0 Å². The smallest absolute Gasteiger partial charge is 0.317 e. The molecule has 1 saturated heterocycles. The van der Waals surface area contributed by atoms with E-state index in [0.29, 0.717) is 31.6 Å². The molecule has 14 heteroatoms. The maximum atomic E-state index is 15.3. The van der Waals surface area contributed by atoms with Crippen LogP contribution in [0, 0.1) is 29.1 Å². The predicted molar refractivity (Wildman–Crippen MR) is 128 cm³/mol. The number of hydrogen-bond donors (Lipinski definition) is 2. The second-order valence-corrected chi connectivity index (χ2v) is 8.59. The highest BCUT2D eigenvalue weighted by Gasteiger charge is 2.29. The quantitative estimate of drug-likeness (QED) is 0.287. The number of nitrogens with zero attached hydrogens (tertiary/aromatic N) is 5. The van der Waals surface area contributed by atoms with E-state index in [1.54, 1.807) is 9.58 Å². The Kier molecular flexibility index (Phi) is 6.46. The van der Waals surface area contributed by atoms with Crippen molar-refractivity contribution >= 4 is 22.9 Å². The van der Waals surface area contributed by atoms with Gasteiger partial charge in [0.25, 0.3) is 0 Å². The lowest BCUT2D eigenvalue weighted by Gasteiger charge is -2.32. The number of nitrogens with two attached hydrogens (primary N) is 1. The molecule has 2 aromatic heterocycles. The number of carbonyl (C=O) groups is 1. The predicted octanol–water partition coefficient (Wildman–Crippen LogP) is 4.79. The first-order valence-corrected chi connectivity index (χ1v) is 11.5. The van der Waals surface area contributed by atoms with Crippen molar-refractivity contribution in [3.8, 4) is 22.8 Å². The van der Waals surface area contributed by atoms with Gasteiger partial charge in [-0.05, 0) is 25.0 Å². The molecule has 0 saturated carbocycles. The van der Waals surface area contributed by atoms with Gasteiger partial charge in [-0.15, -0.1) is 0 Å². The summed E-state index contributed by atoms with van der Waals surface area (Å²) < 4.78 is 76.9. The number of rotatable bonds is 4. The standard InChI is InChI=1S/C24H20F5N7O2.H2/c1-31-24(37)35-6-2-3-11(9-35)36-23-17(22(30)32-10-33-23)20(34-36)13-5-4-12(7-14(13)25)38-21-18(28)15(26)8-16(27)19(21)29;/h4-5,7-8,10-11H,2-3,6,9H2,1H3,(H,31,37)(H2,30,32,33);1H. The number of fused-ring (bicyclic) bond motifs is 1. The number of halogens is 5. The summed E-state index contributed by atoms with van der Waals surface area (Å²) in [6, 6.07) is 2.66. The minimum Gasteiger partial charge on any atom is -0.451 e. The maximum Gasteiger partial charge on any atom is 0.317 e. The molecule has 5 rings (SSSR count). The summed E-state index contributed by atoms with van der Waals surface area (Å²) in [6.07, 6.45) is 2.61. The molecule has 1 aliphatic heterocycles. The third-order valence-electron chi connectivity index (χ3n) is 6.25. The van der Waals surface area contributed by atoms with Gasteiger partial charge in [-0.2, -0.15) is 13.9 Å². The summed E-state index contributed by atoms with van der Waals surface area (Å²) in [6.45, 7) is 0.891. The molecule has 1 unspecified atom stereocenters. The van der Waals surface area contributed by atoms with Gasteiger partial charge >= 0.3 is 6.03 Å². The van der Waals surface area contributed by atoms with Gasteiger partial charge in [0.2, 0.25) is 17.4 Å². The molecule has 38 heavy (non-hydrogen) atoms. The molecule has 1 aliphatic rings. The lowest BCUT2D eigenvalue weighted by atomic mass is 10.1. The monoisotopic (exact) mass is 535 g/mol. The Balaban J connectivity index is 0.00000353. The molecule has 0 spiro atoms. The van der Waals surface area contributed by atoms with E-state index in [-0.39, 0.29) is 42.0 Å². The van der Waals surface area contributed by atoms with Crippen LogP contribution in [0.15, 0.2) is 30.6 Å². The molecule has 3 N–H and O–H groups in total. The lowest BCUT2D eigenvalue weighted by molar-refractivity contribution is 0.166. The minimum absolute atomic E-state index is 0. The first-order chi connectivity index (χ1) is 18.2. The van der Waals surface area contributed by atoms with Gasteiger partial charge in [0, 0.05) is 39.3 Å². The van der Waals surface area contributed by atoms with Crippen molar-refractivity contribution in [2.24, 2.45) is 0 Å². The first kappa shape index (κ1) is 25.2. The molecule has 4 aromatic rings. The van der Waals surface area contributed by atoms with Crippen molar-refractivity contribution in [2.75, 3.05) is 25.9 Å². The van der Waals surface area contributed by atoms with Crippen LogP contribution in [0.5, 0.6) is 11.5 Å². The fourth-order valence-corrected chi connectivity index (χ4v) is 4.45. The fraction of sp³-hybridized carbons (Fsp3) is 0.250. The Morgan fingerprint density at radius 2 is 1.84 bits per heavy atom. The molecule has 0 aliphatic carbocycles. The van der Waals surface area contributed by atoms with E-state index in [4.69, 9.17) is 10.5 Å². The highest BCUT2D eigenvalue weighted by atomic mass is 19.2. The number of amides is 2. The number of ether oxygens (including phenoxy) is 1. The molecule has 2 aromatic carbocycles. The van der Waals surface area contributed by atoms with Crippen molar-refractivity contribution in [3.05, 3.63) is 59.7 Å². The Labute approximate surface area is 213 Å². The average molecular weight is 535 g/mol. The zero-order valence-corrected chi connectivity index (χ0v) is 19.8. The zero-order chi connectivity index (χ0) is 27.1. The number of nitrogen functional groups attached to an aromatic ring is 1. The normalized spacial score (nSPS) is 15.6. The van der Waals surface area contributed by atoms with Gasteiger partial charge in [0.1, 0.15) is 29.4 Å².